The second-order valence-corrected chi connectivity index (χ2v) is 8.87. The maximum absolute atomic E-state index is 14.8. The smallest absolute Gasteiger partial charge is 0.251 e. The summed E-state index contributed by atoms with van der Waals surface area (Å²) in [5.41, 5.74) is 10.2. The molecule has 0 bridgehead atoms. The number of nitrogens with two attached hydrogens (primary N) is 1. The molecule has 0 radical (unpaired) electrons. The zero-order chi connectivity index (χ0) is 24.1. The van der Waals surface area contributed by atoms with Gasteiger partial charge in [0.25, 0.3) is 5.56 Å². The summed E-state index contributed by atoms with van der Waals surface area (Å²) in [5, 5.41) is 11.9. The fraction of sp³-hybridized carbons (Fsp3) is 0.167. The fourth-order valence-electron chi connectivity index (χ4n) is 4.76. The molecule has 0 saturated carbocycles. The molecule has 6 rings (SSSR count). The fourth-order valence-corrected chi connectivity index (χ4v) is 4.93. The highest BCUT2D eigenvalue weighted by Crippen LogP contribution is 2.38. The highest BCUT2D eigenvalue weighted by atomic mass is 35.5. The minimum Gasteiger partial charge on any atom is -0.384 e. The lowest BCUT2D eigenvalue weighted by Crippen LogP contribution is -2.27. The molecule has 0 unspecified atom stereocenters. The molecular formula is C24H18ClFN8O. The highest BCUT2D eigenvalue weighted by Gasteiger charge is 2.32. The van der Waals surface area contributed by atoms with E-state index in [1.165, 1.54) is 17.2 Å². The SMILES string of the molecule is Nc1ccc(C2=C(F)N=C([C@@H]3CCc4cc(-c5cc(Cl)ccc5-n5cnnn5)cc(=O)n43)C2)cn1. The molecule has 2 N–H and O–H groups in total. The average Bonchev–Trinajstić information content (AvgIpc) is 3.59. The Hall–Kier alpha value is -4.18. The minimum absolute atomic E-state index is 0.187. The number of tetrazole rings is 1. The van der Waals surface area contributed by atoms with Gasteiger partial charge in [0.15, 0.2) is 0 Å². The van der Waals surface area contributed by atoms with Gasteiger partial charge in [0, 0.05) is 51.8 Å². The van der Waals surface area contributed by atoms with Gasteiger partial charge in [-0.1, -0.05) is 11.6 Å². The third-order valence-corrected chi connectivity index (χ3v) is 6.60. The van der Waals surface area contributed by atoms with Gasteiger partial charge < -0.3 is 10.3 Å². The van der Waals surface area contributed by atoms with E-state index in [4.69, 9.17) is 17.3 Å². The molecule has 35 heavy (non-hydrogen) atoms. The van der Waals surface area contributed by atoms with Crippen LogP contribution in [-0.4, -0.2) is 35.5 Å². The van der Waals surface area contributed by atoms with Gasteiger partial charge in [0.05, 0.1) is 11.7 Å². The van der Waals surface area contributed by atoms with Crippen LogP contribution in [0.4, 0.5) is 10.2 Å². The largest absolute Gasteiger partial charge is 0.384 e. The third-order valence-electron chi connectivity index (χ3n) is 6.37. The minimum atomic E-state index is -0.547. The van der Waals surface area contributed by atoms with Crippen molar-refractivity contribution < 1.29 is 4.39 Å². The van der Waals surface area contributed by atoms with Gasteiger partial charge in [-0.05, 0) is 65.2 Å². The van der Waals surface area contributed by atoms with E-state index < -0.39 is 5.95 Å². The molecule has 0 spiro atoms. The lowest BCUT2D eigenvalue weighted by atomic mass is 9.99. The molecule has 5 heterocycles. The van der Waals surface area contributed by atoms with Crippen molar-refractivity contribution in [1.82, 2.24) is 29.8 Å². The molecule has 2 aliphatic heterocycles. The van der Waals surface area contributed by atoms with Crippen molar-refractivity contribution in [3.63, 3.8) is 0 Å². The predicted molar refractivity (Wildman–Crippen MR) is 130 cm³/mol. The molecule has 0 amide bonds. The maximum atomic E-state index is 14.8. The van der Waals surface area contributed by atoms with Gasteiger partial charge in [-0.25, -0.2) is 9.98 Å². The van der Waals surface area contributed by atoms with E-state index in [0.29, 0.717) is 58.2 Å². The monoisotopic (exact) mass is 488 g/mol. The van der Waals surface area contributed by atoms with E-state index in [2.05, 4.69) is 25.5 Å². The van der Waals surface area contributed by atoms with Crippen molar-refractivity contribution in [2.24, 2.45) is 4.99 Å². The van der Waals surface area contributed by atoms with Gasteiger partial charge in [0.2, 0.25) is 5.95 Å². The molecule has 1 atom stereocenters. The van der Waals surface area contributed by atoms with Crippen molar-refractivity contribution in [1.29, 1.82) is 0 Å². The van der Waals surface area contributed by atoms with Crippen LogP contribution in [-0.2, 0) is 6.42 Å². The molecule has 0 fully saturated rings. The van der Waals surface area contributed by atoms with Crippen molar-refractivity contribution in [3.8, 4) is 16.8 Å². The normalized spacial score (nSPS) is 17.1. The summed E-state index contributed by atoms with van der Waals surface area (Å²) in [6, 6.07) is 11.9. The third kappa shape index (κ3) is 3.71. The number of fused-ring (bicyclic) bond motifs is 1. The van der Waals surface area contributed by atoms with Crippen LogP contribution >= 0.6 is 11.6 Å². The lowest BCUT2D eigenvalue weighted by molar-refractivity contribution is 0.624. The van der Waals surface area contributed by atoms with Crippen LogP contribution < -0.4 is 11.3 Å². The Morgan fingerprint density at radius 1 is 1.11 bits per heavy atom. The molecule has 0 saturated heterocycles. The number of aromatic nitrogens is 6. The van der Waals surface area contributed by atoms with E-state index in [1.54, 1.807) is 41.0 Å². The molecule has 1 aromatic carbocycles. The predicted octanol–water partition coefficient (Wildman–Crippen LogP) is 3.79. The lowest BCUT2D eigenvalue weighted by Gasteiger charge is -2.17. The summed E-state index contributed by atoms with van der Waals surface area (Å²) in [4.78, 5) is 21.6. The Kier molecular flexibility index (Phi) is 5.03. The molecule has 3 aromatic heterocycles. The quantitative estimate of drug-likeness (QED) is 0.437. The van der Waals surface area contributed by atoms with Gasteiger partial charge in [-0.15, -0.1) is 5.10 Å². The molecule has 0 aliphatic carbocycles. The molecule has 174 valence electrons. The maximum Gasteiger partial charge on any atom is 0.251 e. The van der Waals surface area contributed by atoms with Crippen LogP contribution in [0.2, 0.25) is 5.02 Å². The number of aliphatic imine (C=N–C) groups is 1. The second-order valence-electron chi connectivity index (χ2n) is 8.43. The standard InChI is InChI=1S/C24H18ClFN8O/c25-15-2-4-20(33-12-29-31-32-33)17(9-15)14-7-16-3-5-21(34(16)23(35)8-14)19-10-18(24(26)30-19)13-1-6-22(27)28-11-13/h1-2,4,6-9,11-12,21H,3,5,10H2,(H2,27,28)/t21-/m0/s1. The molecule has 9 nitrogen and oxygen atoms in total. The number of nitrogens with zero attached hydrogens (tertiary/aromatic N) is 7. The zero-order valence-electron chi connectivity index (χ0n) is 18.3. The first kappa shape index (κ1) is 21.4. The van der Waals surface area contributed by atoms with E-state index in [0.717, 1.165) is 11.3 Å². The van der Waals surface area contributed by atoms with E-state index in [1.807, 2.05) is 6.07 Å². The van der Waals surface area contributed by atoms with Crippen LogP contribution in [0.15, 0.2) is 70.7 Å². The Balaban J connectivity index is 1.35. The number of aryl methyl sites for hydroxylation is 1. The summed E-state index contributed by atoms with van der Waals surface area (Å²) in [5.74, 6) is -0.182. The summed E-state index contributed by atoms with van der Waals surface area (Å²) in [6.07, 6.45) is 4.66. The summed E-state index contributed by atoms with van der Waals surface area (Å²) in [7, 11) is 0. The van der Waals surface area contributed by atoms with Gasteiger partial charge >= 0.3 is 0 Å². The number of benzene rings is 1. The molecular weight excluding hydrogens is 471 g/mol. The first-order valence-corrected chi connectivity index (χ1v) is 11.3. The van der Waals surface area contributed by atoms with E-state index in [9.17, 15) is 9.18 Å². The summed E-state index contributed by atoms with van der Waals surface area (Å²) in [6.45, 7) is 0. The van der Waals surface area contributed by atoms with Crippen molar-refractivity contribution in [2.45, 2.75) is 25.3 Å². The molecule has 4 aromatic rings. The first-order chi connectivity index (χ1) is 17.0. The first-order valence-electron chi connectivity index (χ1n) is 10.9. The number of pyridine rings is 2. The number of nitrogen functional groups attached to an aromatic ring is 1. The molecule has 11 heteroatoms. The Morgan fingerprint density at radius 2 is 2.00 bits per heavy atom. The van der Waals surface area contributed by atoms with Crippen LogP contribution in [0.5, 0.6) is 0 Å². The van der Waals surface area contributed by atoms with Gasteiger partial charge in [0.1, 0.15) is 12.1 Å². The van der Waals surface area contributed by atoms with Crippen LogP contribution in [0, 0.1) is 0 Å². The van der Waals surface area contributed by atoms with Gasteiger partial charge in [-0.3, -0.25) is 4.79 Å². The Morgan fingerprint density at radius 3 is 2.77 bits per heavy atom. The summed E-state index contributed by atoms with van der Waals surface area (Å²) >= 11 is 6.27. The van der Waals surface area contributed by atoms with E-state index >= 15 is 0 Å². The number of anilines is 1. The number of hydrogen-bond acceptors (Lipinski definition) is 7. The Labute approximate surface area is 203 Å². The van der Waals surface area contributed by atoms with Crippen LogP contribution in [0.1, 0.15) is 30.1 Å². The second kappa shape index (κ2) is 8.24. The number of allylic oxidation sites excluding steroid dienone is 1. The van der Waals surface area contributed by atoms with Gasteiger partial charge in [-0.2, -0.15) is 9.07 Å². The van der Waals surface area contributed by atoms with Crippen molar-refractivity contribution in [3.05, 3.63) is 87.6 Å². The summed E-state index contributed by atoms with van der Waals surface area (Å²) < 4.78 is 18.0. The zero-order valence-corrected chi connectivity index (χ0v) is 19.0. The van der Waals surface area contributed by atoms with Crippen molar-refractivity contribution in [2.75, 3.05) is 5.73 Å². The van der Waals surface area contributed by atoms with Crippen LogP contribution in [0.3, 0.4) is 0 Å². The topological polar surface area (TPSA) is 117 Å². The molecule has 2 aliphatic rings. The highest BCUT2D eigenvalue weighted by molar-refractivity contribution is 6.31. The number of rotatable bonds is 4. The van der Waals surface area contributed by atoms with Crippen LogP contribution in [0.25, 0.3) is 22.4 Å². The average molecular weight is 489 g/mol. The number of hydrogen-bond donors (Lipinski definition) is 1. The Bertz CT molecular complexity index is 1570. The van der Waals surface area contributed by atoms with Crippen molar-refractivity contribution >= 4 is 28.7 Å². The number of halogens is 2. The van der Waals surface area contributed by atoms with E-state index in [-0.39, 0.29) is 11.6 Å².